The highest BCUT2D eigenvalue weighted by atomic mass is 19.3. The molecule has 1 rings (SSSR count). The van der Waals surface area contributed by atoms with E-state index in [0.717, 1.165) is 7.11 Å². The first kappa shape index (κ1) is 12.2. The molecule has 0 aliphatic rings. The molecule has 0 bridgehead atoms. The summed E-state index contributed by atoms with van der Waals surface area (Å²) in [6, 6.07) is 0. The molecule has 0 saturated carbocycles. The molecule has 0 aliphatic carbocycles. The maximum atomic E-state index is 12.5. The van der Waals surface area contributed by atoms with Crippen LogP contribution in [0.25, 0.3) is 0 Å². The van der Waals surface area contributed by atoms with Gasteiger partial charge in [0.05, 0.1) is 24.2 Å². The first-order valence-corrected chi connectivity index (χ1v) is 4.12. The quantitative estimate of drug-likeness (QED) is 0.629. The molecular weight excluding hydrogens is 226 g/mol. The van der Waals surface area contributed by atoms with E-state index in [9.17, 15) is 18.9 Å². The molecule has 1 aromatic rings. The van der Waals surface area contributed by atoms with Crippen LogP contribution in [0.1, 0.15) is 17.7 Å². The number of hydrogen-bond acceptors (Lipinski definition) is 5. The van der Waals surface area contributed by atoms with Gasteiger partial charge in [-0.25, -0.2) is 13.8 Å². The molecular formula is C8H8F2N2O4. The third-order valence-electron chi connectivity index (χ3n) is 1.91. The molecule has 1 N–H and O–H groups in total. The van der Waals surface area contributed by atoms with Crippen molar-refractivity contribution < 1.29 is 23.5 Å². The number of aliphatic hydroxyl groups is 1. The minimum atomic E-state index is -2.93. The Kier molecular flexibility index (Phi) is 3.67. The molecule has 1 heterocycles. The predicted octanol–water partition coefficient (Wildman–Crippen LogP) is 1.43. The van der Waals surface area contributed by atoms with E-state index in [0.29, 0.717) is 6.20 Å². The predicted molar refractivity (Wildman–Crippen MR) is 48.3 cm³/mol. The van der Waals surface area contributed by atoms with E-state index in [4.69, 9.17) is 5.11 Å². The Balaban J connectivity index is 3.46. The van der Waals surface area contributed by atoms with E-state index < -0.39 is 35.1 Å². The molecule has 6 nitrogen and oxygen atoms in total. The summed E-state index contributed by atoms with van der Waals surface area (Å²) < 4.78 is 29.6. The second kappa shape index (κ2) is 4.79. The highest BCUT2D eigenvalue weighted by Gasteiger charge is 2.26. The van der Waals surface area contributed by atoms with Gasteiger partial charge in [0.25, 0.3) is 6.43 Å². The van der Waals surface area contributed by atoms with E-state index in [2.05, 4.69) is 9.72 Å². The number of rotatable bonds is 4. The third-order valence-corrected chi connectivity index (χ3v) is 1.91. The van der Waals surface area contributed by atoms with E-state index >= 15 is 0 Å². The lowest BCUT2D eigenvalue weighted by Crippen LogP contribution is -2.05. The molecule has 16 heavy (non-hydrogen) atoms. The van der Waals surface area contributed by atoms with Gasteiger partial charge in [-0.1, -0.05) is 0 Å². The van der Waals surface area contributed by atoms with E-state index in [1.165, 1.54) is 0 Å². The van der Waals surface area contributed by atoms with Gasteiger partial charge in [-0.15, -0.1) is 0 Å². The number of alkyl halides is 2. The van der Waals surface area contributed by atoms with Gasteiger partial charge in [-0.2, -0.15) is 0 Å². The van der Waals surface area contributed by atoms with E-state index in [-0.39, 0.29) is 5.56 Å². The van der Waals surface area contributed by atoms with Crippen LogP contribution in [-0.2, 0) is 6.61 Å². The van der Waals surface area contributed by atoms with E-state index in [1.54, 1.807) is 0 Å². The normalized spacial score (nSPS) is 10.6. The van der Waals surface area contributed by atoms with Gasteiger partial charge >= 0.3 is 5.69 Å². The largest absolute Gasteiger partial charge is 0.490 e. The molecule has 0 aromatic carbocycles. The Labute approximate surface area is 88.6 Å². The van der Waals surface area contributed by atoms with Crippen LogP contribution in [0.15, 0.2) is 6.20 Å². The minimum Gasteiger partial charge on any atom is -0.490 e. The van der Waals surface area contributed by atoms with Crippen LogP contribution in [0.3, 0.4) is 0 Å². The number of nitro groups is 1. The smallest absolute Gasteiger partial charge is 0.329 e. The van der Waals surface area contributed by atoms with Crippen LogP contribution in [0.4, 0.5) is 14.5 Å². The maximum Gasteiger partial charge on any atom is 0.329 e. The monoisotopic (exact) mass is 234 g/mol. The number of nitrogens with zero attached hydrogens (tertiary/aromatic N) is 2. The summed E-state index contributed by atoms with van der Waals surface area (Å²) in [6.07, 6.45) is -2.25. The third kappa shape index (κ3) is 2.06. The Hall–Kier alpha value is -1.83. The summed E-state index contributed by atoms with van der Waals surface area (Å²) in [7, 11) is 1.09. The van der Waals surface area contributed by atoms with Crippen molar-refractivity contribution in [3.05, 3.63) is 27.6 Å². The zero-order valence-electron chi connectivity index (χ0n) is 8.18. The zero-order chi connectivity index (χ0) is 12.3. The molecule has 0 unspecified atom stereocenters. The Morgan fingerprint density at radius 2 is 2.31 bits per heavy atom. The second-order valence-corrected chi connectivity index (χ2v) is 2.76. The summed E-state index contributed by atoms with van der Waals surface area (Å²) in [6.45, 7) is -0.808. The van der Waals surface area contributed by atoms with Crippen LogP contribution in [0.2, 0.25) is 0 Å². The van der Waals surface area contributed by atoms with Crippen LogP contribution in [-0.4, -0.2) is 22.1 Å². The molecule has 0 saturated heterocycles. The number of aliphatic hydroxyl groups excluding tert-OH is 1. The average molecular weight is 234 g/mol. The van der Waals surface area contributed by atoms with Crippen molar-refractivity contribution in [3.63, 3.8) is 0 Å². The van der Waals surface area contributed by atoms with Gasteiger partial charge in [0.2, 0.25) is 5.75 Å². The fraction of sp³-hybridized carbons (Fsp3) is 0.375. The summed E-state index contributed by atoms with van der Waals surface area (Å²) in [4.78, 5) is 13.0. The van der Waals surface area contributed by atoms with Crippen molar-refractivity contribution in [2.75, 3.05) is 7.11 Å². The lowest BCUT2D eigenvalue weighted by Gasteiger charge is -2.10. The maximum absolute atomic E-state index is 12.5. The van der Waals surface area contributed by atoms with Gasteiger partial charge in [-0.3, -0.25) is 10.1 Å². The van der Waals surface area contributed by atoms with Gasteiger partial charge in [-0.05, 0) is 0 Å². The molecule has 0 fully saturated rings. The Morgan fingerprint density at radius 1 is 1.69 bits per heavy atom. The number of pyridine rings is 1. The number of ether oxygens (including phenoxy) is 1. The van der Waals surface area contributed by atoms with Crippen molar-refractivity contribution in [2.24, 2.45) is 0 Å². The van der Waals surface area contributed by atoms with Crippen LogP contribution in [0.5, 0.6) is 5.75 Å². The van der Waals surface area contributed by atoms with Crippen LogP contribution >= 0.6 is 0 Å². The highest BCUT2D eigenvalue weighted by molar-refractivity contribution is 5.51. The van der Waals surface area contributed by atoms with Crippen LogP contribution < -0.4 is 4.74 Å². The first-order valence-electron chi connectivity index (χ1n) is 4.12. The van der Waals surface area contributed by atoms with Gasteiger partial charge < -0.3 is 9.84 Å². The van der Waals surface area contributed by atoms with E-state index in [1.807, 2.05) is 0 Å². The molecule has 8 heteroatoms. The van der Waals surface area contributed by atoms with Crippen molar-refractivity contribution in [1.82, 2.24) is 4.98 Å². The lowest BCUT2D eigenvalue weighted by molar-refractivity contribution is -0.386. The average Bonchev–Trinajstić information content (AvgIpc) is 2.26. The molecule has 0 spiro atoms. The Morgan fingerprint density at radius 3 is 2.69 bits per heavy atom. The molecule has 0 aliphatic heterocycles. The lowest BCUT2D eigenvalue weighted by atomic mass is 10.1. The topological polar surface area (TPSA) is 85.5 Å². The van der Waals surface area contributed by atoms with Crippen molar-refractivity contribution in [3.8, 4) is 5.75 Å². The summed E-state index contributed by atoms with van der Waals surface area (Å²) >= 11 is 0. The molecule has 0 radical (unpaired) electrons. The summed E-state index contributed by atoms with van der Waals surface area (Å²) in [5.41, 5.74) is -1.65. The second-order valence-electron chi connectivity index (χ2n) is 2.76. The molecule has 0 amide bonds. The SMILES string of the molecule is COc1c([N+](=O)[O-])cnc(C(F)F)c1CO. The number of halogens is 2. The fourth-order valence-corrected chi connectivity index (χ4v) is 1.24. The highest BCUT2D eigenvalue weighted by Crippen LogP contribution is 2.35. The molecule has 88 valence electrons. The number of aromatic nitrogens is 1. The fourth-order valence-electron chi connectivity index (χ4n) is 1.24. The van der Waals surface area contributed by atoms with Crippen molar-refractivity contribution in [2.45, 2.75) is 13.0 Å². The van der Waals surface area contributed by atoms with Crippen LogP contribution in [0, 0.1) is 10.1 Å². The van der Waals surface area contributed by atoms with Gasteiger partial charge in [0.1, 0.15) is 11.9 Å². The Bertz CT molecular complexity index is 411. The van der Waals surface area contributed by atoms with Gasteiger partial charge in [0.15, 0.2) is 0 Å². The van der Waals surface area contributed by atoms with Gasteiger partial charge in [0, 0.05) is 0 Å². The van der Waals surface area contributed by atoms with Crippen molar-refractivity contribution >= 4 is 5.69 Å². The summed E-state index contributed by atoms with van der Waals surface area (Å²) in [5.74, 6) is -0.391. The zero-order valence-corrected chi connectivity index (χ0v) is 8.18. The number of methoxy groups -OCH3 is 1. The molecule has 1 aromatic heterocycles. The first-order chi connectivity index (χ1) is 7.52. The van der Waals surface area contributed by atoms with Crippen molar-refractivity contribution in [1.29, 1.82) is 0 Å². The standard InChI is InChI=1S/C8H8F2N2O4/c1-16-7-4(3-13)6(8(9)10)11-2-5(7)12(14)15/h2,8,13H,3H2,1H3. The number of hydrogen-bond donors (Lipinski definition) is 1. The minimum absolute atomic E-state index is 0.369. The molecule has 0 atom stereocenters. The summed E-state index contributed by atoms with van der Waals surface area (Å²) in [5, 5.41) is 19.5.